The van der Waals surface area contributed by atoms with Crippen molar-refractivity contribution in [3.8, 4) is 0 Å². The molecule has 0 aliphatic heterocycles. The van der Waals surface area contributed by atoms with Gasteiger partial charge in [-0.1, -0.05) is 6.92 Å². The first kappa shape index (κ1) is 13.8. The topological polar surface area (TPSA) is 42.0 Å². The molecule has 18 heavy (non-hydrogen) atoms. The van der Waals surface area contributed by atoms with Gasteiger partial charge >= 0.3 is 0 Å². The molecular formula is C13H16BrClN2O. The zero-order valence-electron chi connectivity index (χ0n) is 10.2. The predicted molar refractivity (Wildman–Crippen MR) is 75.6 cm³/mol. The van der Waals surface area contributed by atoms with Gasteiger partial charge in [0.1, 0.15) is 0 Å². The van der Waals surface area contributed by atoms with Crippen LogP contribution in [0.25, 0.3) is 0 Å². The lowest BCUT2D eigenvalue weighted by atomic mass is 10.1. The molecular weight excluding hydrogens is 316 g/mol. The van der Waals surface area contributed by atoms with Crippen LogP contribution in [0, 0.1) is 5.92 Å². The number of hydrogen-bond donors (Lipinski definition) is 1. The summed E-state index contributed by atoms with van der Waals surface area (Å²) in [6.45, 7) is 1.91. The van der Waals surface area contributed by atoms with Crippen LogP contribution in [0.3, 0.4) is 0 Å². The number of carbonyl (C=O) groups excluding carboxylic acids is 1. The van der Waals surface area contributed by atoms with Crippen LogP contribution in [0.15, 0.2) is 16.9 Å². The van der Waals surface area contributed by atoms with Crippen LogP contribution in [0.1, 0.15) is 36.9 Å². The van der Waals surface area contributed by atoms with Crippen LogP contribution in [0.5, 0.6) is 0 Å². The van der Waals surface area contributed by atoms with Gasteiger partial charge in [0.2, 0.25) is 5.91 Å². The molecule has 1 amide bonds. The minimum absolute atomic E-state index is 0.0355. The molecule has 1 N–H and O–H groups in total. The fraction of sp³-hybridized carbons (Fsp3) is 0.538. The summed E-state index contributed by atoms with van der Waals surface area (Å²) in [6.07, 6.45) is 6.29. The molecule has 2 rings (SSSR count). The second-order valence-electron chi connectivity index (χ2n) is 4.67. The third kappa shape index (κ3) is 2.86. The van der Waals surface area contributed by atoms with Crippen molar-refractivity contribution < 1.29 is 4.79 Å². The van der Waals surface area contributed by atoms with E-state index in [1.807, 2.05) is 13.1 Å². The first-order chi connectivity index (χ1) is 8.63. The molecule has 0 bridgehead atoms. The highest BCUT2D eigenvalue weighted by Crippen LogP contribution is 2.34. The Hall–Kier alpha value is -0.610. The largest absolute Gasteiger partial charge is 0.349 e. The predicted octanol–water partition coefficient (Wildman–Crippen LogP) is 3.21. The molecule has 1 aromatic rings. The van der Waals surface area contributed by atoms with Gasteiger partial charge in [-0.25, -0.2) is 0 Å². The van der Waals surface area contributed by atoms with Crippen molar-refractivity contribution in [2.24, 2.45) is 5.92 Å². The Morgan fingerprint density at radius 2 is 2.44 bits per heavy atom. The van der Waals surface area contributed by atoms with Crippen molar-refractivity contribution >= 4 is 33.4 Å². The Bertz CT molecular complexity index is 453. The van der Waals surface area contributed by atoms with Crippen molar-refractivity contribution in [3.05, 3.63) is 28.0 Å². The molecule has 3 nitrogen and oxygen atoms in total. The second kappa shape index (κ2) is 6.02. The molecule has 5 heteroatoms. The van der Waals surface area contributed by atoms with Gasteiger partial charge in [0, 0.05) is 28.7 Å². The average Bonchev–Trinajstić information content (AvgIpc) is 2.74. The summed E-state index contributed by atoms with van der Waals surface area (Å²) in [5, 5.41) is 3.09. The minimum Gasteiger partial charge on any atom is -0.349 e. The van der Waals surface area contributed by atoms with Gasteiger partial charge in [-0.2, -0.15) is 0 Å². The Morgan fingerprint density at radius 3 is 3.17 bits per heavy atom. The van der Waals surface area contributed by atoms with E-state index in [2.05, 4.69) is 26.2 Å². The van der Waals surface area contributed by atoms with E-state index in [9.17, 15) is 4.79 Å². The number of halogens is 2. The Balaban J connectivity index is 2.06. The van der Waals surface area contributed by atoms with E-state index < -0.39 is 0 Å². The molecule has 0 saturated heterocycles. The fourth-order valence-corrected chi connectivity index (χ4v) is 3.12. The molecule has 1 heterocycles. The van der Waals surface area contributed by atoms with Crippen molar-refractivity contribution in [1.82, 2.24) is 10.3 Å². The molecule has 0 spiro atoms. The number of fused-ring (bicyclic) bond motifs is 1. The van der Waals surface area contributed by atoms with Gasteiger partial charge in [0.15, 0.2) is 0 Å². The third-order valence-corrected chi connectivity index (χ3v) is 4.30. The van der Waals surface area contributed by atoms with Crippen LogP contribution >= 0.6 is 27.5 Å². The first-order valence-electron chi connectivity index (χ1n) is 6.12. The number of hydrogen-bond acceptors (Lipinski definition) is 2. The van der Waals surface area contributed by atoms with Gasteiger partial charge in [-0.3, -0.25) is 9.78 Å². The van der Waals surface area contributed by atoms with Crippen LogP contribution in [0.4, 0.5) is 0 Å². The van der Waals surface area contributed by atoms with Crippen LogP contribution in [-0.4, -0.2) is 16.8 Å². The summed E-state index contributed by atoms with van der Waals surface area (Å²) < 4.78 is 1.03. The van der Waals surface area contributed by atoms with Crippen molar-refractivity contribution in [1.29, 1.82) is 0 Å². The third-order valence-electron chi connectivity index (χ3n) is 3.40. The Labute approximate surface area is 120 Å². The number of carbonyl (C=O) groups is 1. The number of alkyl halides is 1. The van der Waals surface area contributed by atoms with E-state index in [-0.39, 0.29) is 17.9 Å². The highest BCUT2D eigenvalue weighted by Gasteiger charge is 2.27. The number of nitrogens with zero attached hydrogens (tertiary/aromatic N) is 1. The summed E-state index contributed by atoms with van der Waals surface area (Å²) in [6, 6.07) is 0.0928. The molecule has 1 aliphatic rings. The molecule has 0 aromatic carbocycles. The zero-order chi connectivity index (χ0) is 13.1. The smallest absolute Gasteiger partial charge is 0.223 e. The van der Waals surface area contributed by atoms with Gasteiger partial charge in [-0.05, 0) is 46.3 Å². The molecule has 1 aliphatic carbocycles. The molecule has 0 saturated carbocycles. The monoisotopic (exact) mass is 330 g/mol. The van der Waals surface area contributed by atoms with Gasteiger partial charge in [0.05, 0.1) is 6.04 Å². The second-order valence-corrected chi connectivity index (χ2v) is 5.90. The summed E-state index contributed by atoms with van der Waals surface area (Å²) >= 11 is 9.16. The summed E-state index contributed by atoms with van der Waals surface area (Å²) in [5.41, 5.74) is 2.40. The summed E-state index contributed by atoms with van der Waals surface area (Å²) in [5.74, 6) is 0.559. The lowest BCUT2D eigenvalue weighted by molar-refractivity contribution is -0.125. The van der Waals surface area contributed by atoms with Crippen molar-refractivity contribution in [2.75, 3.05) is 5.88 Å². The molecule has 1 unspecified atom stereocenters. The van der Waals surface area contributed by atoms with E-state index >= 15 is 0 Å². The van der Waals surface area contributed by atoms with Crippen molar-refractivity contribution in [3.63, 3.8) is 0 Å². The van der Waals surface area contributed by atoms with E-state index in [1.54, 1.807) is 6.20 Å². The van der Waals surface area contributed by atoms with Crippen LogP contribution in [-0.2, 0) is 11.2 Å². The fourth-order valence-electron chi connectivity index (χ4n) is 2.24. The standard InChI is InChI=1S/C13H16BrClN2O/c1-8(4-5-15)13(18)17-12-3-2-9-10(12)6-16-7-11(9)14/h6-8,12H,2-5H2,1H3,(H,17,18)/t8?,12-/m1/s1. The molecule has 2 atom stereocenters. The van der Waals surface area contributed by atoms with E-state index in [0.717, 1.165) is 22.9 Å². The number of nitrogens with one attached hydrogen (secondary N) is 1. The van der Waals surface area contributed by atoms with Crippen LogP contribution < -0.4 is 5.32 Å². The zero-order valence-corrected chi connectivity index (χ0v) is 12.6. The average molecular weight is 332 g/mol. The maximum absolute atomic E-state index is 12.0. The van der Waals surface area contributed by atoms with E-state index in [4.69, 9.17) is 11.6 Å². The molecule has 0 radical (unpaired) electrons. The highest BCUT2D eigenvalue weighted by atomic mass is 79.9. The van der Waals surface area contributed by atoms with E-state index in [0.29, 0.717) is 12.3 Å². The molecule has 98 valence electrons. The number of aromatic nitrogens is 1. The summed E-state index contributed by atoms with van der Waals surface area (Å²) in [7, 11) is 0. The first-order valence-corrected chi connectivity index (χ1v) is 7.45. The maximum Gasteiger partial charge on any atom is 0.223 e. The van der Waals surface area contributed by atoms with Gasteiger partial charge in [0.25, 0.3) is 0 Å². The normalized spacial score (nSPS) is 19.4. The number of rotatable bonds is 4. The number of amides is 1. The molecule has 0 fully saturated rings. The maximum atomic E-state index is 12.0. The lowest BCUT2D eigenvalue weighted by Gasteiger charge is -2.17. The van der Waals surface area contributed by atoms with Crippen LogP contribution in [0.2, 0.25) is 0 Å². The summed E-state index contributed by atoms with van der Waals surface area (Å²) in [4.78, 5) is 16.2. The number of pyridine rings is 1. The van der Waals surface area contributed by atoms with Gasteiger partial charge in [-0.15, -0.1) is 11.6 Å². The quantitative estimate of drug-likeness (QED) is 0.861. The SMILES string of the molecule is CC(CCCl)C(=O)N[C@@H]1CCc2c(Br)cncc21. The Kier molecular flexibility index (Phi) is 4.62. The lowest BCUT2D eigenvalue weighted by Crippen LogP contribution is -2.32. The highest BCUT2D eigenvalue weighted by molar-refractivity contribution is 9.10. The Morgan fingerprint density at radius 1 is 1.67 bits per heavy atom. The minimum atomic E-state index is -0.0355. The van der Waals surface area contributed by atoms with Gasteiger partial charge < -0.3 is 5.32 Å². The molecule has 1 aromatic heterocycles. The van der Waals surface area contributed by atoms with Crippen molar-refractivity contribution in [2.45, 2.75) is 32.2 Å². The van der Waals surface area contributed by atoms with E-state index in [1.165, 1.54) is 5.56 Å².